The summed E-state index contributed by atoms with van der Waals surface area (Å²) < 4.78 is 21.5. The molecule has 10 heteroatoms. The molecule has 0 bridgehead atoms. The van der Waals surface area contributed by atoms with Gasteiger partial charge >= 0.3 is 5.97 Å². The molecule has 0 fully saturated rings. The number of ether oxygens (including phenoxy) is 4. The maximum absolute atomic E-state index is 9.04. The molecular formula is C16H24ClNO8. The van der Waals surface area contributed by atoms with Crippen molar-refractivity contribution >= 4 is 23.5 Å². The number of methoxy groups -OCH3 is 3. The van der Waals surface area contributed by atoms with Gasteiger partial charge in [-0.25, -0.2) is 4.79 Å². The third-order valence-corrected chi connectivity index (χ3v) is 3.15. The van der Waals surface area contributed by atoms with E-state index in [0.717, 1.165) is 6.54 Å². The Bertz CT molecular complexity index is 557. The second kappa shape index (κ2) is 12.0. The number of rotatable bonds is 8. The molecule has 1 aromatic carbocycles. The Morgan fingerprint density at radius 3 is 1.92 bits per heavy atom. The molecule has 0 spiro atoms. The van der Waals surface area contributed by atoms with E-state index in [1.165, 1.54) is 4.90 Å². The summed E-state index contributed by atoms with van der Waals surface area (Å²) in [6.07, 6.45) is 0. The zero-order valence-corrected chi connectivity index (χ0v) is 16.1. The van der Waals surface area contributed by atoms with E-state index in [-0.39, 0.29) is 5.38 Å². The molecule has 0 aromatic heterocycles. The van der Waals surface area contributed by atoms with E-state index in [1.54, 1.807) is 33.5 Å². The molecule has 0 saturated carbocycles. The summed E-state index contributed by atoms with van der Waals surface area (Å²) in [4.78, 5) is 19.3. The quantitative estimate of drug-likeness (QED) is 0.411. The third-order valence-electron chi connectivity index (χ3n) is 2.87. The highest BCUT2D eigenvalue weighted by Gasteiger charge is 2.15. The molecule has 26 heavy (non-hydrogen) atoms. The van der Waals surface area contributed by atoms with Gasteiger partial charge in [0.25, 0.3) is 0 Å². The van der Waals surface area contributed by atoms with Gasteiger partial charge in [-0.1, -0.05) is 0 Å². The smallest absolute Gasteiger partial charge is 0.351 e. The molecule has 0 aliphatic rings. The lowest BCUT2D eigenvalue weighted by Crippen LogP contribution is -3.06. The molecule has 0 amide bonds. The highest BCUT2D eigenvalue weighted by Crippen LogP contribution is 2.40. The van der Waals surface area contributed by atoms with Gasteiger partial charge in [-0.3, -0.25) is 0 Å². The molecule has 0 aliphatic heterocycles. The molecule has 1 aromatic rings. The van der Waals surface area contributed by atoms with Gasteiger partial charge in [0.05, 0.1) is 42.0 Å². The van der Waals surface area contributed by atoms with Crippen molar-refractivity contribution in [1.82, 2.24) is 0 Å². The molecule has 148 valence electrons. The van der Waals surface area contributed by atoms with Crippen LogP contribution in [0.5, 0.6) is 23.0 Å². The standard InChI is InChI=1S/C14H22ClNO4.C2H2O4/c1-16(2)8-10(15)9-20-11-6-12(17-3)14(19-5)13(7-11)18-4;3-1(4)2(5)6/h6-7,10H,8-9H2,1-5H3;(H,3,4)(H,5,6). The van der Waals surface area contributed by atoms with Crippen LogP contribution in [0.3, 0.4) is 0 Å². The van der Waals surface area contributed by atoms with Gasteiger partial charge in [0.1, 0.15) is 17.7 Å². The second-order valence-corrected chi connectivity index (χ2v) is 5.89. The number of aliphatic carboxylic acids is 2. The molecule has 9 nitrogen and oxygen atoms in total. The zero-order valence-electron chi connectivity index (χ0n) is 15.3. The summed E-state index contributed by atoms with van der Waals surface area (Å²) in [7, 11) is 8.81. The molecule has 1 rings (SSSR count). The Hall–Kier alpha value is -2.39. The van der Waals surface area contributed by atoms with Crippen molar-refractivity contribution in [3.05, 3.63) is 12.1 Å². The highest BCUT2D eigenvalue weighted by atomic mass is 35.5. The lowest BCUT2D eigenvalue weighted by molar-refractivity contribution is -0.857. The number of alkyl halides is 1. The van der Waals surface area contributed by atoms with Crippen molar-refractivity contribution in [3.63, 3.8) is 0 Å². The van der Waals surface area contributed by atoms with Gasteiger partial charge in [0.15, 0.2) is 17.5 Å². The number of carbonyl (C=O) groups excluding carboxylic acids is 1. The van der Waals surface area contributed by atoms with E-state index in [2.05, 4.69) is 14.1 Å². The summed E-state index contributed by atoms with van der Waals surface area (Å²) >= 11 is 6.20. The molecule has 2 N–H and O–H groups in total. The first kappa shape index (κ1) is 23.6. The molecule has 1 unspecified atom stereocenters. The highest BCUT2D eigenvalue weighted by molar-refractivity contribution is 6.26. The van der Waals surface area contributed by atoms with Crippen LogP contribution in [-0.4, -0.2) is 71.0 Å². The lowest BCUT2D eigenvalue weighted by atomic mass is 10.2. The number of hydrogen-bond acceptors (Lipinski definition) is 7. The SMILES string of the molecule is COc1cc(OCC(Cl)C[NH+](C)C)cc(OC)c1OC.O=C([O-])C(=O)O. The predicted molar refractivity (Wildman–Crippen MR) is 91.6 cm³/mol. The number of benzene rings is 1. The van der Waals surface area contributed by atoms with Crippen molar-refractivity contribution in [2.45, 2.75) is 5.38 Å². The van der Waals surface area contributed by atoms with Crippen LogP contribution in [0.15, 0.2) is 12.1 Å². The normalized spacial score (nSPS) is 11.0. The number of carbonyl (C=O) groups is 2. The maximum Gasteiger partial charge on any atom is 0.351 e. The molecular weight excluding hydrogens is 370 g/mol. The monoisotopic (exact) mass is 393 g/mol. The summed E-state index contributed by atoms with van der Waals surface area (Å²) in [6, 6.07) is 3.51. The Labute approximate surface area is 157 Å². The van der Waals surface area contributed by atoms with E-state index in [9.17, 15) is 0 Å². The number of halogens is 1. The Morgan fingerprint density at radius 2 is 1.62 bits per heavy atom. The van der Waals surface area contributed by atoms with Crippen molar-refractivity contribution in [1.29, 1.82) is 0 Å². The number of carboxylic acids is 2. The van der Waals surface area contributed by atoms with Gasteiger partial charge < -0.3 is 38.9 Å². The van der Waals surface area contributed by atoms with Gasteiger partial charge in [-0.2, -0.15) is 0 Å². The topological polar surface area (TPSA) is 119 Å². The number of nitrogens with one attached hydrogen (secondary N) is 1. The van der Waals surface area contributed by atoms with Crippen molar-refractivity contribution in [2.24, 2.45) is 0 Å². The fraction of sp³-hybridized carbons (Fsp3) is 0.500. The minimum absolute atomic E-state index is 0.0564. The van der Waals surface area contributed by atoms with Crippen molar-refractivity contribution in [3.8, 4) is 23.0 Å². The summed E-state index contributed by atoms with van der Waals surface area (Å²) in [5.41, 5.74) is 0. The Morgan fingerprint density at radius 1 is 1.15 bits per heavy atom. The van der Waals surface area contributed by atoms with Crippen molar-refractivity contribution < 1.29 is 43.6 Å². The van der Waals surface area contributed by atoms with Crippen LogP contribution in [0.4, 0.5) is 0 Å². The van der Waals surface area contributed by atoms with E-state index >= 15 is 0 Å². The lowest BCUT2D eigenvalue weighted by Gasteiger charge is -2.16. The predicted octanol–water partition coefficient (Wildman–Crippen LogP) is -1.34. The van der Waals surface area contributed by atoms with E-state index in [0.29, 0.717) is 29.6 Å². The fourth-order valence-corrected chi connectivity index (χ4v) is 2.20. The Kier molecular flexibility index (Phi) is 10.9. The first-order chi connectivity index (χ1) is 12.2. The number of hydrogen-bond donors (Lipinski definition) is 2. The average molecular weight is 394 g/mol. The number of carboxylic acid groups (broad SMARTS) is 2. The zero-order chi connectivity index (χ0) is 20.3. The van der Waals surface area contributed by atoms with Crippen LogP contribution < -0.4 is 29.0 Å². The van der Waals surface area contributed by atoms with E-state index in [1.807, 2.05) is 0 Å². The van der Waals surface area contributed by atoms with Gasteiger partial charge in [0, 0.05) is 12.1 Å². The van der Waals surface area contributed by atoms with E-state index < -0.39 is 11.9 Å². The minimum Gasteiger partial charge on any atom is -0.539 e. The largest absolute Gasteiger partial charge is 0.539 e. The summed E-state index contributed by atoms with van der Waals surface area (Å²) in [6.45, 7) is 1.25. The minimum atomic E-state index is -2.07. The van der Waals surface area contributed by atoms with Crippen LogP contribution in [0.25, 0.3) is 0 Å². The van der Waals surface area contributed by atoms with Crippen LogP contribution >= 0.6 is 11.6 Å². The average Bonchev–Trinajstić information content (AvgIpc) is 2.58. The molecule has 0 radical (unpaired) electrons. The van der Waals surface area contributed by atoms with Crippen LogP contribution in [-0.2, 0) is 9.59 Å². The number of quaternary nitrogens is 1. The molecule has 1 atom stereocenters. The Balaban J connectivity index is 0.000000896. The van der Waals surface area contributed by atoms with Crippen LogP contribution in [0.2, 0.25) is 0 Å². The summed E-state index contributed by atoms with van der Waals surface area (Å²) in [5, 5.41) is 16.3. The fourth-order valence-electron chi connectivity index (χ4n) is 1.83. The summed E-state index contributed by atoms with van der Waals surface area (Å²) in [5.74, 6) is -1.70. The van der Waals surface area contributed by atoms with Crippen LogP contribution in [0.1, 0.15) is 0 Å². The molecule has 0 saturated heterocycles. The van der Waals surface area contributed by atoms with Crippen molar-refractivity contribution in [2.75, 3.05) is 48.6 Å². The van der Waals surface area contributed by atoms with Crippen LogP contribution in [0, 0.1) is 0 Å². The molecule has 0 aliphatic carbocycles. The first-order valence-corrected chi connectivity index (χ1v) is 7.90. The second-order valence-electron chi connectivity index (χ2n) is 5.27. The van der Waals surface area contributed by atoms with Gasteiger partial charge in [-0.05, 0) is 0 Å². The first-order valence-electron chi connectivity index (χ1n) is 7.46. The van der Waals surface area contributed by atoms with Gasteiger partial charge in [-0.15, -0.1) is 11.6 Å². The van der Waals surface area contributed by atoms with E-state index in [4.69, 9.17) is 50.4 Å². The maximum atomic E-state index is 9.04. The molecule has 0 heterocycles. The van der Waals surface area contributed by atoms with Gasteiger partial charge in [0.2, 0.25) is 5.75 Å². The third kappa shape index (κ3) is 8.63.